The van der Waals surface area contributed by atoms with Gasteiger partial charge in [-0.3, -0.25) is 14.6 Å². The second-order valence-electron chi connectivity index (χ2n) is 5.66. The summed E-state index contributed by atoms with van der Waals surface area (Å²) in [5, 5.41) is 12.4. The fraction of sp³-hybridized carbons (Fsp3) is 0. The van der Waals surface area contributed by atoms with Gasteiger partial charge in [0, 0.05) is 11.8 Å². The van der Waals surface area contributed by atoms with Crippen LogP contribution in [0.5, 0.6) is 5.75 Å². The van der Waals surface area contributed by atoms with E-state index in [0.29, 0.717) is 16.8 Å². The molecule has 3 aromatic rings. The average Bonchev–Trinajstić information content (AvgIpc) is 2.69. The van der Waals surface area contributed by atoms with Crippen LogP contribution in [-0.4, -0.2) is 21.8 Å². The van der Waals surface area contributed by atoms with Crippen molar-refractivity contribution in [3.05, 3.63) is 94.8 Å². The summed E-state index contributed by atoms with van der Waals surface area (Å²) in [7, 11) is 0. The summed E-state index contributed by atoms with van der Waals surface area (Å²) in [6, 6.07) is 16.3. The van der Waals surface area contributed by atoms with Crippen molar-refractivity contribution in [2.45, 2.75) is 0 Å². The van der Waals surface area contributed by atoms with Crippen LogP contribution in [0.3, 0.4) is 0 Å². The highest BCUT2D eigenvalue weighted by Crippen LogP contribution is 2.25. The van der Waals surface area contributed by atoms with Gasteiger partial charge >= 0.3 is 0 Å². The van der Waals surface area contributed by atoms with Crippen molar-refractivity contribution in [3.63, 3.8) is 0 Å². The summed E-state index contributed by atoms with van der Waals surface area (Å²) >= 11 is 5.93. The van der Waals surface area contributed by atoms with Gasteiger partial charge in [0.05, 0.1) is 22.5 Å². The molecular weight excluding hydrogens is 364 g/mol. The topological polar surface area (TPSA) is 79.3 Å². The first-order valence-electron chi connectivity index (χ1n) is 8.06. The lowest BCUT2D eigenvalue weighted by atomic mass is 10.00. The maximum Gasteiger partial charge on any atom is 0.259 e. The molecule has 0 atom stereocenters. The number of carbonyl (C=O) groups excluding carboxylic acids is 2. The first kappa shape index (κ1) is 18.4. The van der Waals surface area contributed by atoms with E-state index in [1.165, 1.54) is 24.4 Å². The van der Waals surface area contributed by atoms with E-state index in [2.05, 4.69) is 10.3 Å². The van der Waals surface area contributed by atoms with E-state index in [-0.39, 0.29) is 16.3 Å². The van der Waals surface area contributed by atoms with E-state index in [9.17, 15) is 14.7 Å². The monoisotopic (exact) mass is 378 g/mol. The van der Waals surface area contributed by atoms with Gasteiger partial charge in [-0.25, -0.2) is 0 Å². The number of nitrogens with one attached hydrogen (secondary N) is 1. The summed E-state index contributed by atoms with van der Waals surface area (Å²) in [5.74, 6) is -1.08. The zero-order valence-corrected chi connectivity index (χ0v) is 14.9. The molecule has 0 saturated carbocycles. The molecule has 2 aromatic carbocycles. The van der Waals surface area contributed by atoms with Crippen LogP contribution in [0.4, 0.5) is 5.69 Å². The summed E-state index contributed by atoms with van der Waals surface area (Å²) < 4.78 is 0. The van der Waals surface area contributed by atoms with E-state index in [1.807, 2.05) is 0 Å². The molecule has 5 nitrogen and oxygen atoms in total. The number of amides is 1. The molecule has 0 fully saturated rings. The zero-order valence-electron chi connectivity index (χ0n) is 14.1. The highest BCUT2D eigenvalue weighted by molar-refractivity contribution is 6.33. The Labute approximate surface area is 161 Å². The number of nitrogens with zero attached hydrogens (tertiary/aromatic N) is 1. The summed E-state index contributed by atoms with van der Waals surface area (Å²) in [6.07, 6.45) is 4.51. The molecule has 0 aliphatic heterocycles. The van der Waals surface area contributed by atoms with Crippen molar-refractivity contribution < 1.29 is 14.7 Å². The van der Waals surface area contributed by atoms with Gasteiger partial charge in [-0.1, -0.05) is 48.0 Å². The highest BCUT2D eigenvalue weighted by Gasteiger charge is 2.20. The zero-order chi connectivity index (χ0) is 19.2. The van der Waals surface area contributed by atoms with E-state index in [0.717, 1.165) is 0 Å². The van der Waals surface area contributed by atoms with Crippen molar-refractivity contribution in [1.29, 1.82) is 0 Å². The minimum atomic E-state index is -0.568. The van der Waals surface area contributed by atoms with Crippen molar-refractivity contribution in [2.24, 2.45) is 0 Å². The smallest absolute Gasteiger partial charge is 0.259 e. The second-order valence-corrected chi connectivity index (χ2v) is 6.07. The van der Waals surface area contributed by atoms with E-state index in [4.69, 9.17) is 11.6 Å². The van der Waals surface area contributed by atoms with Gasteiger partial charge in [0.25, 0.3) is 5.91 Å². The summed E-state index contributed by atoms with van der Waals surface area (Å²) in [5.41, 5.74) is 1.30. The molecule has 0 bridgehead atoms. The lowest BCUT2D eigenvalue weighted by Crippen LogP contribution is -2.20. The molecule has 27 heavy (non-hydrogen) atoms. The number of hydrogen-bond acceptors (Lipinski definition) is 4. The molecule has 3 rings (SSSR count). The molecule has 1 amide bonds. The van der Waals surface area contributed by atoms with Crippen LogP contribution in [-0.2, 0) is 4.79 Å². The Bertz CT molecular complexity index is 1000. The number of Topliss-reactive ketones (excluding diaryl/α,β-unsaturated/α-hetero) is 1. The predicted octanol–water partition coefficient (Wildman–Crippen LogP) is 4.35. The molecule has 1 aromatic heterocycles. The van der Waals surface area contributed by atoms with Crippen LogP contribution in [0.1, 0.15) is 15.9 Å². The van der Waals surface area contributed by atoms with Crippen LogP contribution in [0.2, 0.25) is 5.02 Å². The van der Waals surface area contributed by atoms with Gasteiger partial charge in [-0.05, 0) is 35.9 Å². The molecule has 1 heterocycles. The van der Waals surface area contributed by atoms with E-state index in [1.54, 1.807) is 54.7 Å². The predicted molar refractivity (Wildman–Crippen MR) is 105 cm³/mol. The van der Waals surface area contributed by atoms with Gasteiger partial charge < -0.3 is 10.4 Å². The van der Waals surface area contributed by atoms with Crippen molar-refractivity contribution in [1.82, 2.24) is 4.98 Å². The van der Waals surface area contributed by atoms with E-state index >= 15 is 0 Å². The molecule has 2 N–H and O–H groups in total. The Hall–Kier alpha value is -3.44. The fourth-order valence-electron chi connectivity index (χ4n) is 2.39. The first-order valence-corrected chi connectivity index (χ1v) is 8.44. The number of carbonyl (C=O) groups is 2. The number of aromatic hydroxyl groups is 1. The van der Waals surface area contributed by atoms with Gasteiger partial charge in [-0.15, -0.1) is 0 Å². The molecule has 134 valence electrons. The summed E-state index contributed by atoms with van der Waals surface area (Å²) in [6.45, 7) is 0. The van der Waals surface area contributed by atoms with Gasteiger partial charge in [0.2, 0.25) is 0 Å². The quantitative estimate of drug-likeness (QED) is 0.299. The number of phenolic OH excluding ortho intramolecular Hbond substituents is 1. The Morgan fingerprint density at radius 2 is 1.81 bits per heavy atom. The minimum absolute atomic E-state index is 0.0631. The number of anilines is 1. The molecule has 0 aliphatic rings. The third-order valence-electron chi connectivity index (χ3n) is 3.73. The first-order chi connectivity index (χ1) is 13.0. The van der Waals surface area contributed by atoms with Crippen LogP contribution < -0.4 is 5.32 Å². The number of pyridine rings is 1. The lowest BCUT2D eigenvalue weighted by molar-refractivity contribution is -0.112. The van der Waals surface area contributed by atoms with Crippen LogP contribution in [0, 0.1) is 0 Å². The Balaban J connectivity index is 2.00. The summed E-state index contributed by atoms with van der Waals surface area (Å²) in [4.78, 5) is 29.6. The molecule has 0 aliphatic carbocycles. The molecular formula is C21H15ClN2O3. The Kier molecular flexibility index (Phi) is 5.64. The second kappa shape index (κ2) is 8.29. The van der Waals surface area contributed by atoms with Crippen LogP contribution >= 0.6 is 11.6 Å². The molecule has 6 heteroatoms. The number of aromatic nitrogens is 1. The maximum absolute atomic E-state index is 12.9. The van der Waals surface area contributed by atoms with Crippen molar-refractivity contribution in [3.8, 4) is 5.75 Å². The number of benzene rings is 2. The van der Waals surface area contributed by atoms with Gasteiger partial charge in [-0.2, -0.15) is 0 Å². The fourth-order valence-corrected chi connectivity index (χ4v) is 2.58. The standard InChI is InChI=1S/C21H15ClN2O3/c22-18-12-14(8-9-19(18)25)11-17(20(26)15-5-2-1-3-6-15)21(27)24-16-7-4-10-23-13-16/h1-13,25H,(H,24,27)/b17-11-. The van der Waals surface area contributed by atoms with E-state index < -0.39 is 11.7 Å². The highest BCUT2D eigenvalue weighted by atomic mass is 35.5. The van der Waals surface area contributed by atoms with Gasteiger partial charge in [0.15, 0.2) is 5.78 Å². The minimum Gasteiger partial charge on any atom is -0.506 e. The average molecular weight is 379 g/mol. The van der Waals surface area contributed by atoms with Crippen molar-refractivity contribution >= 4 is 35.1 Å². The molecule has 0 radical (unpaired) electrons. The van der Waals surface area contributed by atoms with Gasteiger partial charge in [0.1, 0.15) is 5.75 Å². The Morgan fingerprint density at radius 1 is 1.04 bits per heavy atom. The SMILES string of the molecule is O=C(Nc1cccnc1)/C(=C\c1ccc(O)c(Cl)c1)C(=O)c1ccccc1. The van der Waals surface area contributed by atoms with Crippen LogP contribution in [0.15, 0.2) is 78.6 Å². The number of rotatable bonds is 5. The normalized spacial score (nSPS) is 11.1. The molecule has 0 unspecified atom stereocenters. The third kappa shape index (κ3) is 4.59. The number of ketones is 1. The number of phenols is 1. The maximum atomic E-state index is 12.9. The van der Waals surface area contributed by atoms with Crippen molar-refractivity contribution in [2.75, 3.05) is 5.32 Å². The third-order valence-corrected chi connectivity index (χ3v) is 4.03. The van der Waals surface area contributed by atoms with Crippen LogP contribution in [0.25, 0.3) is 6.08 Å². The Morgan fingerprint density at radius 3 is 2.48 bits per heavy atom. The number of hydrogen-bond donors (Lipinski definition) is 2. The lowest BCUT2D eigenvalue weighted by Gasteiger charge is -2.09. The molecule has 0 spiro atoms. The number of halogens is 1. The largest absolute Gasteiger partial charge is 0.506 e. The molecule has 0 saturated heterocycles.